The molecule has 2 aromatic carbocycles. The van der Waals surface area contributed by atoms with E-state index in [2.05, 4.69) is 4.98 Å². The highest BCUT2D eigenvalue weighted by Gasteiger charge is 2.41. The number of nitrogens with zero attached hydrogens (tertiary/aromatic N) is 1. The third-order valence-electron chi connectivity index (χ3n) is 5.24. The topological polar surface area (TPSA) is 138 Å². The number of thiazole rings is 1. The molecule has 0 unspecified atom stereocenters. The van der Waals surface area contributed by atoms with Gasteiger partial charge in [0.25, 0.3) is 5.69 Å². The van der Waals surface area contributed by atoms with Gasteiger partial charge in [-0.05, 0) is 23.8 Å². The molecule has 36 heavy (non-hydrogen) atoms. The number of methoxy groups -OCH3 is 2. The van der Waals surface area contributed by atoms with E-state index < -0.39 is 33.5 Å². The number of H-pyrrole nitrogens is 1. The molecule has 0 spiro atoms. The van der Waals surface area contributed by atoms with Crippen LogP contribution in [0.1, 0.15) is 21.9 Å². The lowest BCUT2D eigenvalue weighted by molar-refractivity contribution is -0.384. The van der Waals surface area contributed by atoms with Gasteiger partial charge < -0.3 is 19.2 Å². The molecule has 1 aliphatic rings. The van der Waals surface area contributed by atoms with E-state index in [0.717, 1.165) is 37.3 Å². The van der Waals surface area contributed by atoms with Gasteiger partial charge in [-0.2, -0.15) is 0 Å². The summed E-state index contributed by atoms with van der Waals surface area (Å²) < 4.78 is 29.0. The first kappa shape index (κ1) is 25.1. The fraction of sp³-hybridized carbons (Fsp3) is 0.174. The fourth-order valence-electron chi connectivity index (χ4n) is 3.62. The number of hydrogen-bond acceptors (Lipinski definition) is 10. The van der Waals surface area contributed by atoms with E-state index in [1.165, 1.54) is 42.5 Å². The summed E-state index contributed by atoms with van der Waals surface area (Å²) in [6.07, 6.45) is 0. The summed E-state index contributed by atoms with van der Waals surface area (Å²) in [5.41, 5.74) is 0.325. The zero-order chi connectivity index (χ0) is 26.0. The van der Waals surface area contributed by atoms with Crippen LogP contribution in [0.25, 0.3) is 0 Å². The maximum Gasteiger partial charge on any atom is 0.345 e. The van der Waals surface area contributed by atoms with Crippen molar-refractivity contribution in [3.05, 3.63) is 94.5 Å². The van der Waals surface area contributed by atoms with Crippen molar-refractivity contribution in [2.24, 2.45) is 0 Å². The Hall–Kier alpha value is -3.97. The van der Waals surface area contributed by atoms with E-state index in [9.17, 15) is 28.9 Å². The van der Waals surface area contributed by atoms with Gasteiger partial charge in [-0.3, -0.25) is 14.9 Å². The number of thioether (sulfide) groups is 1. The number of nitrogens with one attached hydrogen (secondary N) is 1. The molecule has 10 nitrogen and oxygen atoms in total. The number of hydrogen-bond donors (Lipinski definition) is 1. The van der Waals surface area contributed by atoms with Crippen LogP contribution in [0.2, 0.25) is 0 Å². The Morgan fingerprint density at radius 3 is 2.44 bits per heavy atom. The molecule has 0 saturated heterocycles. The summed E-state index contributed by atoms with van der Waals surface area (Å²) in [5.74, 6) is -3.11. The van der Waals surface area contributed by atoms with Gasteiger partial charge in [-0.1, -0.05) is 35.2 Å². The second-order valence-electron chi connectivity index (χ2n) is 7.36. The minimum atomic E-state index is -1.12. The molecule has 0 fully saturated rings. The number of aromatic amines is 1. The van der Waals surface area contributed by atoms with Crippen molar-refractivity contribution in [3.63, 3.8) is 0 Å². The Kier molecular flexibility index (Phi) is 7.22. The maximum absolute atomic E-state index is 13.3. The number of carbonyl (C=O) groups is 2. The SMILES string of the molecule is COC(=O)C1=C(C(=O)OC)[C@@H](c2cc([N+](=O)[O-])ccc2OCc2ccc(F)cc2)c2sc(=O)[nH]c2S1. The van der Waals surface area contributed by atoms with E-state index in [1.54, 1.807) is 0 Å². The summed E-state index contributed by atoms with van der Waals surface area (Å²) in [6.45, 7) is -0.0239. The van der Waals surface area contributed by atoms with Crippen LogP contribution in [-0.2, 0) is 25.7 Å². The first-order valence-electron chi connectivity index (χ1n) is 10.2. The van der Waals surface area contributed by atoms with Gasteiger partial charge in [0.15, 0.2) is 0 Å². The standard InChI is InChI=1S/C23H17FN2O8S2/c1-32-21(27)17-16(18-20(25-23(29)36-18)35-19(17)22(28)33-2)14-9-13(26(30)31)7-8-15(14)34-10-11-3-5-12(24)6-4-11/h3-9,16H,10H2,1-2H3,(H,25,29)/t16-/m1/s1. The third kappa shape index (κ3) is 4.88. The predicted molar refractivity (Wildman–Crippen MR) is 128 cm³/mol. The Morgan fingerprint density at radius 2 is 1.81 bits per heavy atom. The number of non-ortho nitro benzene ring substituents is 1. The van der Waals surface area contributed by atoms with Crippen molar-refractivity contribution < 1.29 is 33.1 Å². The highest BCUT2D eigenvalue weighted by atomic mass is 32.2. The van der Waals surface area contributed by atoms with Crippen LogP contribution in [0.5, 0.6) is 5.75 Å². The summed E-state index contributed by atoms with van der Waals surface area (Å²) in [4.78, 5) is 51.2. The number of carbonyl (C=O) groups excluding carboxylic acids is 2. The highest BCUT2D eigenvalue weighted by Crippen LogP contribution is 2.51. The molecule has 0 radical (unpaired) electrons. The smallest absolute Gasteiger partial charge is 0.345 e. The number of nitro groups is 1. The summed E-state index contributed by atoms with van der Waals surface area (Å²) >= 11 is 1.63. The second-order valence-corrected chi connectivity index (χ2v) is 9.40. The number of benzene rings is 2. The van der Waals surface area contributed by atoms with E-state index in [-0.39, 0.29) is 34.1 Å². The first-order chi connectivity index (χ1) is 17.2. The average Bonchev–Trinajstić information content (AvgIpc) is 3.25. The molecular weight excluding hydrogens is 515 g/mol. The van der Waals surface area contributed by atoms with Crippen molar-refractivity contribution in [2.45, 2.75) is 17.6 Å². The first-order valence-corrected chi connectivity index (χ1v) is 11.8. The third-order valence-corrected chi connectivity index (χ3v) is 7.43. The minimum absolute atomic E-state index is 0.0239. The number of halogens is 1. The van der Waals surface area contributed by atoms with E-state index in [0.29, 0.717) is 15.5 Å². The second kappa shape index (κ2) is 10.3. The number of aromatic nitrogens is 1. The van der Waals surface area contributed by atoms with E-state index in [1.807, 2.05) is 0 Å². The fourth-order valence-corrected chi connectivity index (χ4v) is 5.84. The van der Waals surface area contributed by atoms with Crippen molar-refractivity contribution in [3.8, 4) is 5.75 Å². The summed E-state index contributed by atoms with van der Waals surface area (Å²) in [7, 11) is 2.26. The summed E-state index contributed by atoms with van der Waals surface area (Å²) in [6, 6.07) is 9.36. The maximum atomic E-state index is 13.3. The molecule has 0 saturated carbocycles. The van der Waals surface area contributed by atoms with E-state index in [4.69, 9.17) is 14.2 Å². The summed E-state index contributed by atoms with van der Waals surface area (Å²) in [5, 5.41) is 11.9. The van der Waals surface area contributed by atoms with Crippen LogP contribution in [0, 0.1) is 15.9 Å². The molecule has 1 atom stereocenters. The molecule has 4 rings (SSSR count). The van der Waals surface area contributed by atoms with Crippen LogP contribution in [0.3, 0.4) is 0 Å². The van der Waals surface area contributed by atoms with Crippen LogP contribution in [-0.4, -0.2) is 36.1 Å². The number of ether oxygens (including phenoxy) is 3. The molecule has 0 amide bonds. The van der Waals surface area contributed by atoms with E-state index >= 15 is 0 Å². The van der Waals surface area contributed by atoms with Crippen molar-refractivity contribution >= 4 is 40.7 Å². The number of esters is 2. The van der Waals surface area contributed by atoms with Crippen molar-refractivity contribution in [1.82, 2.24) is 4.98 Å². The number of nitro benzene ring substituents is 1. The Morgan fingerprint density at radius 1 is 1.11 bits per heavy atom. The van der Waals surface area contributed by atoms with Crippen LogP contribution in [0.4, 0.5) is 10.1 Å². The number of rotatable bonds is 7. The van der Waals surface area contributed by atoms with Gasteiger partial charge in [0.05, 0.1) is 40.5 Å². The van der Waals surface area contributed by atoms with Crippen molar-refractivity contribution in [2.75, 3.05) is 14.2 Å². The largest absolute Gasteiger partial charge is 0.489 e. The molecule has 1 aromatic heterocycles. The minimum Gasteiger partial charge on any atom is -0.489 e. The molecule has 1 aliphatic heterocycles. The molecule has 1 N–H and O–H groups in total. The predicted octanol–water partition coefficient (Wildman–Crippen LogP) is 3.90. The quantitative estimate of drug-likeness (QED) is 0.273. The normalized spacial score (nSPS) is 14.7. The van der Waals surface area contributed by atoms with Gasteiger partial charge in [0, 0.05) is 17.7 Å². The zero-order valence-electron chi connectivity index (χ0n) is 18.7. The van der Waals surface area contributed by atoms with Crippen LogP contribution in [0.15, 0.2) is 62.8 Å². The van der Waals surface area contributed by atoms with Gasteiger partial charge in [0.1, 0.15) is 23.1 Å². The highest BCUT2D eigenvalue weighted by molar-refractivity contribution is 8.04. The zero-order valence-corrected chi connectivity index (χ0v) is 20.4. The average molecular weight is 533 g/mol. The molecule has 0 bridgehead atoms. The molecule has 2 heterocycles. The lowest BCUT2D eigenvalue weighted by Gasteiger charge is -2.27. The van der Waals surface area contributed by atoms with Gasteiger partial charge >= 0.3 is 16.8 Å². The van der Waals surface area contributed by atoms with Crippen molar-refractivity contribution in [1.29, 1.82) is 0 Å². The Balaban J connectivity index is 1.92. The van der Waals surface area contributed by atoms with Crippen LogP contribution < -0.4 is 9.61 Å². The lowest BCUT2D eigenvalue weighted by Crippen LogP contribution is -2.23. The molecule has 186 valence electrons. The number of fused-ring (bicyclic) bond motifs is 1. The van der Waals surface area contributed by atoms with Gasteiger partial charge in [-0.15, -0.1) is 0 Å². The van der Waals surface area contributed by atoms with Gasteiger partial charge in [-0.25, -0.2) is 14.0 Å². The molecular formula is C23H17FN2O8S2. The van der Waals surface area contributed by atoms with Gasteiger partial charge in [0.2, 0.25) is 0 Å². The Labute approximate surface area is 210 Å². The Bertz CT molecular complexity index is 1450. The molecule has 3 aromatic rings. The lowest BCUT2D eigenvalue weighted by atomic mass is 9.88. The molecule has 0 aliphatic carbocycles. The monoisotopic (exact) mass is 532 g/mol. The van der Waals surface area contributed by atoms with Crippen LogP contribution >= 0.6 is 23.1 Å². The molecule has 13 heteroatoms.